The Morgan fingerprint density at radius 1 is 1.20 bits per heavy atom. The summed E-state index contributed by atoms with van der Waals surface area (Å²) in [7, 11) is 0. The molecule has 2 N–H and O–H groups in total. The molecule has 0 saturated carbocycles. The molecule has 2 aromatic rings. The van der Waals surface area contributed by atoms with Crippen LogP contribution in [0.1, 0.15) is 18.0 Å². The van der Waals surface area contributed by atoms with Crippen molar-refractivity contribution in [3.63, 3.8) is 0 Å². The maximum Gasteiger partial charge on any atom is 0.267 e. The van der Waals surface area contributed by atoms with Crippen molar-refractivity contribution in [2.75, 3.05) is 18.7 Å². The number of anilines is 1. The van der Waals surface area contributed by atoms with Crippen LogP contribution in [0.3, 0.4) is 0 Å². The molecule has 5 rings (SSSR count). The number of halogens is 1. The fourth-order valence-electron chi connectivity index (χ4n) is 3.68. The third-order valence-electron chi connectivity index (χ3n) is 5.18. The van der Waals surface area contributed by atoms with E-state index >= 15 is 0 Å². The summed E-state index contributed by atoms with van der Waals surface area (Å²) in [6.07, 6.45) is 2.10. The van der Waals surface area contributed by atoms with E-state index in [9.17, 15) is 9.59 Å². The Bertz CT molecular complexity index is 1030. The first kappa shape index (κ1) is 18.7. The van der Waals surface area contributed by atoms with Crippen LogP contribution in [0, 0.1) is 0 Å². The Morgan fingerprint density at radius 3 is 2.83 bits per heavy atom. The van der Waals surface area contributed by atoms with Gasteiger partial charge in [0.15, 0.2) is 11.5 Å². The predicted octanol–water partition coefficient (Wildman–Crippen LogP) is 2.11. The molecule has 1 saturated heterocycles. The smallest absolute Gasteiger partial charge is 0.267 e. The normalized spacial score (nSPS) is 21.7. The number of amides is 2. The van der Waals surface area contributed by atoms with Crippen LogP contribution in [0.4, 0.5) is 5.69 Å². The molecule has 3 heterocycles. The van der Waals surface area contributed by atoms with Crippen molar-refractivity contribution >= 4 is 35.4 Å². The second-order valence-electron chi connectivity index (χ2n) is 7.14. The standard InChI is InChI=1S/C20H18ClN5O4/c21-13-3-1-12(2-4-13)15-8-16-20(28)25(22-10-26(16)24-15)9-19(27)23-14-5-6-17-18(7-14)30-11-29-17/h1-7,10,15-16,24H,8-9,11H2,(H,23,27). The van der Waals surface area contributed by atoms with Gasteiger partial charge in [-0.1, -0.05) is 23.7 Å². The molecule has 0 spiro atoms. The number of hydrogen-bond acceptors (Lipinski definition) is 7. The molecule has 1 fully saturated rings. The maximum atomic E-state index is 12.9. The van der Waals surface area contributed by atoms with Crippen LogP contribution >= 0.6 is 11.6 Å². The summed E-state index contributed by atoms with van der Waals surface area (Å²) in [6.45, 7) is -0.0214. The van der Waals surface area contributed by atoms with Crippen molar-refractivity contribution in [1.29, 1.82) is 0 Å². The molecule has 2 atom stereocenters. The van der Waals surface area contributed by atoms with Gasteiger partial charge in [0, 0.05) is 16.8 Å². The van der Waals surface area contributed by atoms with Crippen LogP contribution in [-0.2, 0) is 9.59 Å². The largest absolute Gasteiger partial charge is 0.454 e. The highest BCUT2D eigenvalue weighted by Crippen LogP contribution is 2.34. The Balaban J connectivity index is 1.22. The van der Waals surface area contributed by atoms with Crippen molar-refractivity contribution in [2.24, 2.45) is 5.10 Å². The molecule has 10 heteroatoms. The number of fused-ring (bicyclic) bond motifs is 2. The first-order valence-corrected chi connectivity index (χ1v) is 9.79. The number of nitrogens with one attached hydrogen (secondary N) is 2. The molecular weight excluding hydrogens is 410 g/mol. The van der Waals surface area contributed by atoms with E-state index in [0.717, 1.165) is 5.56 Å². The minimum atomic E-state index is -0.429. The van der Waals surface area contributed by atoms with Gasteiger partial charge in [-0.3, -0.25) is 14.6 Å². The lowest BCUT2D eigenvalue weighted by atomic mass is 10.0. The average Bonchev–Trinajstić information content (AvgIpc) is 3.37. The zero-order valence-corrected chi connectivity index (χ0v) is 16.5. The van der Waals surface area contributed by atoms with Crippen LogP contribution in [0.2, 0.25) is 5.02 Å². The third kappa shape index (κ3) is 3.53. The highest BCUT2D eigenvalue weighted by atomic mass is 35.5. The van der Waals surface area contributed by atoms with Crippen molar-refractivity contribution in [2.45, 2.75) is 18.5 Å². The number of benzene rings is 2. The summed E-state index contributed by atoms with van der Waals surface area (Å²) < 4.78 is 10.6. The van der Waals surface area contributed by atoms with Crippen LogP contribution in [0.5, 0.6) is 11.5 Å². The predicted molar refractivity (Wildman–Crippen MR) is 109 cm³/mol. The van der Waals surface area contributed by atoms with Gasteiger partial charge in [-0.15, -0.1) is 0 Å². The van der Waals surface area contributed by atoms with Crippen molar-refractivity contribution in [3.8, 4) is 11.5 Å². The average molecular weight is 428 g/mol. The van der Waals surface area contributed by atoms with E-state index in [1.165, 1.54) is 11.3 Å². The van der Waals surface area contributed by atoms with Gasteiger partial charge >= 0.3 is 0 Å². The molecule has 2 amide bonds. The molecule has 0 aliphatic carbocycles. The van der Waals surface area contributed by atoms with Crippen molar-refractivity contribution in [1.82, 2.24) is 15.4 Å². The monoisotopic (exact) mass is 427 g/mol. The minimum absolute atomic E-state index is 0.0370. The van der Waals surface area contributed by atoms with Gasteiger partial charge in [-0.25, -0.2) is 10.4 Å². The lowest BCUT2D eigenvalue weighted by molar-refractivity contribution is -0.139. The number of carbonyl (C=O) groups excluding carboxylic acids is 2. The van der Waals surface area contributed by atoms with E-state index in [4.69, 9.17) is 21.1 Å². The summed E-state index contributed by atoms with van der Waals surface area (Å²) in [6, 6.07) is 12.1. The summed E-state index contributed by atoms with van der Waals surface area (Å²) in [4.78, 5) is 25.3. The van der Waals surface area contributed by atoms with E-state index < -0.39 is 6.04 Å². The molecule has 9 nitrogen and oxygen atoms in total. The van der Waals surface area contributed by atoms with E-state index in [0.29, 0.717) is 28.6 Å². The Labute approximate surface area is 177 Å². The van der Waals surface area contributed by atoms with Crippen LogP contribution in [0.15, 0.2) is 47.6 Å². The van der Waals surface area contributed by atoms with Crippen LogP contribution < -0.4 is 20.2 Å². The second-order valence-corrected chi connectivity index (χ2v) is 7.57. The van der Waals surface area contributed by atoms with Crippen molar-refractivity contribution < 1.29 is 19.1 Å². The molecule has 2 unspecified atom stereocenters. The van der Waals surface area contributed by atoms with Crippen LogP contribution in [0.25, 0.3) is 0 Å². The number of carbonyl (C=O) groups is 2. The van der Waals surface area contributed by atoms with Gasteiger partial charge in [-0.2, -0.15) is 5.10 Å². The summed E-state index contributed by atoms with van der Waals surface area (Å²) in [5.41, 5.74) is 4.85. The third-order valence-corrected chi connectivity index (χ3v) is 5.43. The summed E-state index contributed by atoms with van der Waals surface area (Å²) in [5, 5.41) is 10.4. The van der Waals surface area contributed by atoms with E-state index in [2.05, 4.69) is 15.8 Å². The minimum Gasteiger partial charge on any atom is -0.454 e. The van der Waals surface area contributed by atoms with Crippen LogP contribution in [-0.4, -0.2) is 47.6 Å². The number of hydrazine groups is 1. The fourth-order valence-corrected chi connectivity index (χ4v) is 3.80. The molecule has 3 aliphatic heterocycles. The number of rotatable bonds is 4. The molecule has 3 aliphatic rings. The Morgan fingerprint density at radius 2 is 2.00 bits per heavy atom. The Kier molecular flexibility index (Phi) is 4.68. The van der Waals surface area contributed by atoms with E-state index in [1.54, 1.807) is 23.2 Å². The molecule has 30 heavy (non-hydrogen) atoms. The number of nitrogens with zero attached hydrogens (tertiary/aromatic N) is 3. The second kappa shape index (κ2) is 7.51. The zero-order chi connectivity index (χ0) is 20.7. The lowest BCUT2D eigenvalue weighted by Crippen LogP contribution is -2.52. The quantitative estimate of drug-likeness (QED) is 0.776. The molecule has 154 valence electrons. The van der Waals surface area contributed by atoms with Gasteiger partial charge in [0.1, 0.15) is 18.9 Å². The topological polar surface area (TPSA) is 95.5 Å². The highest BCUT2D eigenvalue weighted by molar-refractivity contribution is 6.30. The first-order chi connectivity index (χ1) is 14.6. The van der Waals surface area contributed by atoms with E-state index in [1.807, 2.05) is 24.3 Å². The summed E-state index contributed by atoms with van der Waals surface area (Å²) >= 11 is 5.95. The molecule has 2 aromatic carbocycles. The number of hydrazone groups is 1. The molecule has 0 bridgehead atoms. The van der Waals surface area contributed by atoms with Gasteiger partial charge in [0.25, 0.3) is 5.91 Å². The number of hydrogen-bond donors (Lipinski definition) is 2. The van der Waals surface area contributed by atoms with Gasteiger partial charge in [-0.05, 0) is 36.2 Å². The van der Waals surface area contributed by atoms with Gasteiger partial charge in [0.2, 0.25) is 12.7 Å². The molecule has 0 radical (unpaired) electrons. The van der Waals surface area contributed by atoms with Crippen molar-refractivity contribution in [3.05, 3.63) is 53.1 Å². The zero-order valence-electron chi connectivity index (χ0n) is 15.7. The molecule has 0 aromatic heterocycles. The lowest BCUT2D eigenvalue weighted by Gasteiger charge is -2.29. The maximum absolute atomic E-state index is 12.9. The molecular formula is C20H18ClN5O4. The highest BCUT2D eigenvalue weighted by Gasteiger charge is 2.41. The fraction of sp³-hybridized carbons (Fsp3) is 0.250. The summed E-state index contributed by atoms with van der Waals surface area (Å²) in [5.74, 6) is 0.615. The Hall–Kier alpha value is -3.30. The number of ether oxygens (including phenoxy) is 2. The first-order valence-electron chi connectivity index (χ1n) is 9.42. The van der Waals surface area contributed by atoms with Gasteiger partial charge in [0.05, 0.1) is 6.04 Å². The SMILES string of the molecule is O=C(CN1N=CN2NC(c3ccc(Cl)cc3)CC2C1=O)Nc1ccc2c(c1)OCO2. The van der Waals surface area contributed by atoms with Gasteiger partial charge < -0.3 is 14.8 Å². The van der Waals surface area contributed by atoms with E-state index in [-0.39, 0.29) is 31.2 Å².